The van der Waals surface area contributed by atoms with Crippen LogP contribution in [0.1, 0.15) is 28.9 Å². The topological polar surface area (TPSA) is 29.1 Å². The molecule has 0 spiro atoms. The first-order valence-corrected chi connectivity index (χ1v) is 6.24. The Hall–Kier alpha value is -2.00. The average molecular weight is 257 g/mol. The van der Waals surface area contributed by atoms with Crippen molar-refractivity contribution < 1.29 is 9.18 Å². The standard InChI is InChI=1S/C16H16FNO/c1-12(13-6-3-2-4-7-13)18-11-16(19)14-8-5-9-15(17)10-14/h2-10,12,18H,11H2,1H3. The molecule has 2 aromatic carbocycles. The summed E-state index contributed by atoms with van der Waals surface area (Å²) in [6, 6.07) is 15.7. The zero-order chi connectivity index (χ0) is 13.7. The predicted octanol–water partition coefficient (Wildman–Crippen LogP) is 3.36. The summed E-state index contributed by atoms with van der Waals surface area (Å²) in [6.07, 6.45) is 0. The van der Waals surface area contributed by atoms with Crippen molar-refractivity contribution in [3.63, 3.8) is 0 Å². The van der Waals surface area contributed by atoms with Gasteiger partial charge in [0.25, 0.3) is 0 Å². The molecule has 2 aromatic rings. The molecule has 3 heteroatoms. The van der Waals surface area contributed by atoms with Gasteiger partial charge in [0.2, 0.25) is 0 Å². The zero-order valence-corrected chi connectivity index (χ0v) is 10.8. The minimum absolute atomic E-state index is 0.0821. The molecule has 0 saturated carbocycles. The number of halogens is 1. The molecule has 0 aliphatic heterocycles. The van der Waals surface area contributed by atoms with Crippen LogP contribution in [0, 0.1) is 5.82 Å². The smallest absolute Gasteiger partial charge is 0.176 e. The van der Waals surface area contributed by atoms with Gasteiger partial charge >= 0.3 is 0 Å². The van der Waals surface area contributed by atoms with Crippen molar-refractivity contribution in [2.45, 2.75) is 13.0 Å². The van der Waals surface area contributed by atoms with Gasteiger partial charge in [0.15, 0.2) is 5.78 Å². The molecule has 0 heterocycles. The van der Waals surface area contributed by atoms with E-state index in [-0.39, 0.29) is 24.2 Å². The number of benzene rings is 2. The minimum atomic E-state index is -0.387. The van der Waals surface area contributed by atoms with Gasteiger partial charge in [-0.2, -0.15) is 0 Å². The molecule has 1 N–H and O–H groups in total. The van der Waals surface area contributed by atoms with Crippen LogP contribution in [0.3, 0.4) is 0 Å². The van der Waals surface area contributed by atoms with E-state index >= 15 is 0 Å². The highest BCUT2D eigenvalue weighted by Gasteiger charge is 2.09. The first-order valence-electron chi connectivity index (χ1n) is 6.24. The number of hydrogen-bond donors (Lipinski definition) is 1. The molecular formula is C16H16FNO. The van der Waals surface area contributed by atoms with Crippen molar-refractivity contribution in [2.24, 2.45) is 0 Å². The zero-order valence-electron chi connectivity index (χ0n) is 10.8. The van der Waals surface area contributed by atoms with Gasteiger partial charge in [-0.1, -0.05) is 42.5 Å². The highest BCUT2D eigenvalue weighted by Crippen LogP contribution is 2.11. The fraction of sp³-hybridized carbons (Fsp3) is 0.188. The van der Waals surface area contributed by atoms with Crippen molar-refractivity contribution in [2.75, 3.05) is 6.54 Å². The first-order chi connectivity index (χ1) is 9.16. The van der Waals surface area contributed by atoms with Crippen LogP contribution in [-0.4, -0.2) is 12.3 Å². The van der Waals surface area contributed by atoms with Crippen LogP contribution in [0.15, 0.2) is 54.6 Å². The van der Waals surface area contributed by atoms with Crippen molar-refractivity contribution in [1.82, 2.24) is 5.32 Å². The normalized spacial score (nSPS) is 12.1. The second kappa shape index (κ2) is 6.25. The number of carbonyl (C=O) groups excluding carboxylic acids is 1. The third-order valence-electron chi connectivity index (χ3n) is 3.01. The lowest BCUT2D eigenvalue weighted by Gasteiger charge is -2.13. The van der Waals surface area contributed by atoms with Crippen molar-refractivity contribution in [1.29, 1.82) is 0 Å². The third-order valence-corrected chi connectivity index (χ3v) is 3.01. The SMILES string of the molecule is CC(NCC(=O)c1cccc(F)c1)c1ccccc1. The molecule has 0 saturated heterocycles. The van der Waals surface area contributed by atoms with Crippen LogP contribution in [-0.2, 0) is 0 Å². The molecule has 0 bridgehead atoms. The highest BCUT2D eigenvalue weighted by molar-refractivity contribution is 5.97. The molecule has 19 heavy (non-hydrogen) atoms. The molecular weight excluding hydrogens is 241 g/mol. The maximum atomic E-state index is 13.0. The van der Waals surface area contributed by atoms with Crippen LogP contribution in [0.2, 0.25) is 0 Å². The lowest BCUT2D eigenvalue weighted by Crippen LogP contribution is -2.26. The van der Waals surface area contributed by atoms with Crippen molar-refractivity contribution >= 4 is 5.78 Å². The van der Waals surface area contributed by atoms with Gasteiger partial charge in [-0.3, -0.25) is 4.79 Å². The summed E-state index contributed by atoms with van der Waals surface area (Å²) in [6.45, 7) is 2.19. The van der Waals surface area contributed by atoms with E-state index < -0.39 is 0 Å². The van der Waals surface area contributed by atoms with Crippen LogP contribution in [0.4, 0.5) is 4.39 Å². The highest BCUT2D eigenvalue weighted by atomic mass is 19.1. The lowest BCUT2D eigenvalue weighted by atomic mass is 10.1. The molecule has 2 rings (SSSR count). The maximum absolute atomic E-state index is 13.0. The molecule has 0 aromatic heterocycles. The third kappa shape index (κ3) is 3.73. The number of rotatable bonds is 5. The molecule has 0 fully saturated rings. The van der Waals surface area contributed by atoms with Crippen LogP contribution in [0.25, 0.3) is 0 Å². The molecule has 98 valence electrons. The summed E-state index contributed by atoms with van der Waals surface area (Å²) in [5.41, 5.74) is 1.52. The fourth-order valence-corrected chi connectivity index (χ4v) is 1.87. The van der Waals surface area contributed by atoms with Gasteiger partial charge in [0.05, 0.1) is 6.54 Å². The monoisotopic (exact) mass is 257 g/mol. The number of carbonyl (C=O) groups is 1. The maximum Gasteiger partial charge on any atom is 0.176 e. The van der Waals surface area contributed by atoms with Gasteiger partial charge in [-0.05, 0) is 24.6 Å². The summed E-state index contributed by atoms with van der Waals surface area (Å²) >= 11 is 0. The first kappa shape index (κ1) is 13.4. The van der Waals surface area contributed by atoms with E-state index in [0.717, 1.165) is 5.56 Å². The molecule has 1 unspecified atom stereocenters. The Balaban J connectivity index is 1.94. The van der Waals surface area contributed by atoms with Gasteiger partial charge in [0, 0.05) is 11.6 Å². The number of nitrogens with one attached hydrogen (secondary N) is 1. The Labute approximate surface area is 112 Å². The minimum Gasteiger partial charge on any atom is -0.303 e. The Morgan fingerprint density at radius 2 is 1.89 bits per heavy atom. The number of ketones is 1. The molecule has 1 atom stereocenters. The van der Waals surface area contributed by atoms with Crippen molar-refractivity contribution in [3.05, 3.63) is 71.5 Å². The van der Waals surface area contributed by atoms with Crippen LogP contribution < -0.4 is 5.32 Å². The van der Waals surface area contributed by atoms with E-state index in [9.17, 15) is 9.18 Å². The van der Waals surface area contributed by atoms with Gasteiger partial charge < -0.3 is 5.32 Å². The summed E-state index contributed by atoms with van der Waals surface area (Å²) in [5.74, 6) is -0.496. The summed E-state index contributed by atoms with van der Waals surface area (Å²) in [7, 11) is 0. The average Bonchev–Trinajstić information content (AvgIpc) is 2.45. The summed E-state index contributed by atoms with van der Waals surface area (Å²) in [5, 5.41) is 3.14. The lowest BCUT2D eigenvalue weighted by molar-refractivity contribution is 0.0987. The van der Waals surface area contributed by atoms with Crippen LogP contribution >= 0.6 is 0 Å². The van der Waals surface area contributed by atoms with E-state index in [4.69, 9.17) is 0 Å². The quantitative estimate of drug-likeness (QED) is 0.832. The van der Waals surface area contributed by atoms with Crippen molar-refractivity contribution in [3.8, 4) is 0 Å². The van der Waals surface area contributed by atoms with E-state index in [1.165, 1.54) is 12.1 Å². The molecule has 0 radical (unpaired) electrons. The van der Waals surface area contributed by atoms with E-state index in [2.05, 4.69) is 5.32 Å². The summed E-state index contributed by atoms with van der Waals surface area (Å²) < 4.78 is 13.0. The Morgan fingerprint density at radius 1 is 1.16 bits per heavy atom. The molecule has 0 aliphatic rings. The Morgan fingerprint density at radius 3 is 2.58 bits per heavy atom. The van der Waals surface area contributed by atoms with Gasteiger partial charge in [-0.25, -0.2) is 4.39 Å². The molecule has 0 aliphatic carbocycles. The largest absolute Gasteiger partial charge is 0.303 e. The fourth-order valence-electron chi connectivity index (χ4n) is 1.87. The van der Waals surface area contributed by atoms with E-state index in [0.29, 0.717) is 5.56 Å². The van der Waals surface area contributed by atoms with Gasteiger partial charge in [-0.15, -0.1) is 0 Å². The predicted molar refractivity (Wildman–Crippen MR) is 73.6 cm³/mol. The van der Waals surface area contributed by atoms with Gasteiger partial charge in [0.1, 0.15) is 5.82 Å². The van der Waals surface area contributed by atoms with Crippen LogP contribution in [0.5, 0.6) is 0 Å². The second-order valence-corrected chi connectivity index (χ2v) is 4.45. The van der Waals surface area contributed by atoms with E-state index in [1.54, 1.807) is 12.1 Å². The Bertz CT molecular complexity index is 554. The Kier molecular flexibility index (Phi) is 4.42. The molecule has 2 nitrogen and oxygen atoms in total. The molecule has 0 amide bonds. The second-order valence-electron chi connectivity index (χ2n) is 4.45. The number of hydrogen-bond acceptors (Lipinski definition) is 2. The number of Topliss-reactive ketones (excluding diaryl/α,β-unsaturated/α-hetero) is 1. The van der Waals surface area contributed by atoms with E-state index in [1.807, 2.05) is 37.3 Å². The summed E-state index contributed by atoms with van der Waals surface area (Å²) in [4.78, 5) is 11.9.